The number of benzene rings is 1. The van der Waals surface area contributed by atoms with Gasteiger partial charge in [-0.05, 0) is 37.2 Å². The zero-order valence-corrected chi connectivity index (χ0v) is 8.70. The molecule has 1 aromatic rings. The first-order chi connectivity index (χ1) is 7.15. The lowest BCUT2D eigenvalue weighted by Crippen LogP contribution is -2.30. The molecule has 2 rings (SSSR count). The lowest BCUT2D eigenvalue weighted by atomic mass is 10.3. The Balaban J connectivity index is 1.97. The van der Waals surface area contributed by atoms with Gasteiger partial charge < -0.3 is 10.6 Å². The summed E-state index contributed by atoms with van der Waals surface area (Å²) >= 11 is 4.99. The van der Waals surface area contributed by atoms with Gasteiger partial charge in [0.2, 0.25) is 0 Å². The largest absolute Gasteiger partial charge is 0.360 e. The number of halogens is 2. The molecule has 5 heteroatoms. The Morgan fingerprint density at radius 1 is 1.27 bits per heavy atom. The van der Waals surface area contributed by atoms with Crippen LogP contribution in [-0.2, 0) is 0 Å². The molecule has 0 bridgehead atoms. The van der Waals surface area contributed by atoms with Gasteiger partial charge in [0, 0.05) is 17.8 Å². The highest BCUT2D eigenvalue weighted by Crippen LogP contribution is 2.19. The van der Waals surface area contributed by atoms with Crippen LogP contribution < -0.4 is 10.6 Å². The molecule has 0 unspecified atom stereocenters. The monoisotopic (exact) mass is 228 g/mol. The van der Waals surface area contributed by atoms with Gasteiger partial charge in [0.05, 0.1) is 0 Å². The number of anilines is 1. The van der Waals surface area contributed by atoms with Crippen molar-refractivity contribution in [2.75, 3.05) is 5.32 Å². The molecule has 0 saturated heterocycles. The van der Waals surface area contributed by atoms with Crippen LogP contribution in [0.25, 0.3) is 0 Å². The zero-order chi connectivity index (χ0) is 10.8. The Bertz CT molecular complexity index is 391. The lowest BCUT2D eigenvalue weighted by Gasteiger charge is -2.09. The molecule has 2 N–H and O–H groups in total. The van der Waals surface area contributed by atoms with Crippen molar-refractivity contribution in [3.63, 3.8) is 0 Å². The first kappa shape index (κ1) is 10.3. The molecule has 0 radical (unpaired) electrons. The van der Waals surface area contributed by atoms with E-state index in [2.05, 4.69) is 10.6 Å². The fraction of sp³-hybridized carbons (Fsp3) is 0.300. The van der Waals surface area contributed by atoms with E-state index in [-0.39, 0.29) is 0 Å². The number of nitrogens with one attached hydrogen (secondary N) is 2. The van der Waals surface area contributed by atoms with Crippen LogP contribution in [-0.4, -0.2) is 11.2 Å². The Kier molecular flexibility index (Phi) is 2.81. The van der Waals surface area contributed by atoms with Crippen molar-refractivity contribution < 1.29 is 8.78 Å². The van der Waals surface area contributed by atoms with Crippen LogP contribution in [0.2, 0.25) is 0 Å². The fourth-order valence-corrected chi connectivity index (χ4v) is 1.44. The topological polar surface area (TPSA) is 24.1 Å². The van der Waals surface area contributed by atoms with Crippen LogP contribution in [0.5, 0.6) is 0 Å². The molecule has 1 aromatic carbocycles. The average Bonchev–Trinajstić information content (AvgIpc) is 2.95. The molecule has 1 aliphatic carbocycles. The second-order valence-corrected chi connectivity index (χ2v) is 3.91. The summed E-state index contributed by atoms with van der Waals surface area (Å²) in [5.41, 5.74) is 0.451. The third kappa shape index (κ3) is 2.86. The van der Waals surface area contributed by atoms with E-state index < -0.39 is 11.6 Å². The second kappa shape index (κ2) is 4.10. The van der Waals surface area contributed by atoms with Crippen molar-refractivity contribution >= 4 is 23.0 Å². The summed E-state index contributed by atoms with van der Waals surface area (Å²) in [7, 11) is 0. The van der Waals surface area contributed by atoms with Gasteiger partial charge in [0.25, 0.3) is 0 Å². The summed E-state index contributed by atoms with van der Waals surface area (Å²) in [5.74, 6) is -1.74. The van der Waals surface area contributed by atoms with E-state index in [0.29, 0.717) is 16.8 Å². The molecule has 2 nitrogen and oxygen atoms in total. The van der Waals surface area contributed by atoms with Crippen LogP contribution in [0, 0.1) is 11.6 Å². The fourth-order valence-electron chi connectivity index (χ4n) is 1.15. The standard InChI is InChI=1S/C10H10F2N2S/c11-8-4-3-7(5-9(8)12)14-10(15)13-6-1-2-6/h3-6H,1-2H2,(H2,13,14,15). The van der Waals surface area contributed by atoms with Gasteiger partial charge in [-0.1, -0.05) is 0 Å². The molecule has 0 heterocycles. The summed E-state index contributed by atoms with van der Waals surface area (Å²) in [6.07, 6.45) is 2.22. The van der Waals surface area contributed by atoms with Crippen LogP contribution in [0.4, 0.5) is 14.5 Å². The van der Waals surface area contributed by atoms with Gasteiger partial charge >= 0.3 is 0 Å². The van der Waals surface area contributed by atoms with Gasteiger partial charge in [-0.3, -0.25) is 0 Å². The molecule has 0 atom stereocenters. The lowest BCUT2D eigenvalue weighted by molar-refractivity contribution is 0.509. The highest BCUT2D eigenvalue weighted by Gasteiger charge is 2.21. The Labute approximate surface area is 91.7 Å². The minimum atomic E-state index is -0.880. The number of hydrogen-bond acceptors (Lipinski definition) is 1. The van der Waals surface area contributed by atoms with Gasteiger partial charge in [-0.25, -0.2) is 8.78 Å². The number of thiocarbonyl (C=S) groups is 1. The maximum absolute atomic E-state index is 12.8. The summed E-state index contributed by atoms with van der Waals surface area (Å²) in [4.78, 5) is 0. The molecule has 80 valence electrons. The molecule has 0 aliphatic heterocycles. The van der Waals surface area contributed by atoms with E-state index in [1.54, 1.807) is 0 Å². The van der Waals surface area contributed by atoms with Crippen molar-refractivity contribution in [1.82, 2.24) is 5.32 Å². The highest BCUT2D eigenvalue weighted by molar-refractivity contribution is 7.80. The molecule has 0 aromatic heterocycles. The molecule has 1 saturated carbocycles. The van der Waals surface area contributed by atoms with E-state index >= 15 is 0 Å². The molecule has 0 amide bonds. The quantitative estimate of drug-likeness (QED) is 0.760. The Hall–Kier alpha value is -1.23. The Morgan fingerprint density at radius 3 is 2.60 bits per heavy atom. The van der Waals surface area contributed by atoms with Crippen LogP contribution in [0.1, 0.15) is 12.8 Å². The van der Waals surface area contributed by atoms with E-state index in [1.807, 2.05) is 0 Å². The molecule has 1 aliphatic rings. The third-order valence-electron chi connectivity index (χ3n) is 2.09. The third-order valence-corrected chi connectivity index (χ3v) is 2.31. The van der Waals surface area contributed by atoms with E-state index in [0.717, 1.165) is 25.0 Å². The first-order valence-electron chi connectivity index (χ1n) is 4.68. The normalized spacial score (nSPS) is 14.8. The van der Waals surface area contributed by atoms with Crippen molar-refractivity contribution in [3.8, 4) is 0 Å². The predicted octanol–water partition coefficient (Wildman–Crippen LogP) is 2.41. The smallest absolute Gasteiger partial charge is 0.170 e. The van der Waals surface area contributed by atoms with Crippen LogP contribution in [0.15, 0.2) is 18.2 Å². The van der Waals surface area contributed by atoms with Crippen molar-refractivity contribution in [2.24, 2.45) is 0 Å². The zero-order valence-electron chi connectivity index (χ0n) is 7.89. The van der Waals surface area contributed by atoms with Gasteiger partial charge in [-0.15, -0.1) is 0 Å². The molecule has 15 heavy (non-hydrogen) atoms. The summed E-state index contributed by atoms with van der Waals surface area (Å²) < 4.78 is 25.4. The SMILES string of the molecule is Fc1ccc(NC(=S)NC2CC2)cc1F. The van der Waals surface area contributed by atoms with Gasteiger partial charge in [-0.2, -0.15) is 0 Å². The summed E-state index contributed by atoms with van der Waals surface area (Å²) in [6, 6.07) is 4.03. The van der Waals surface area contributed by atoms with Crippen molar-refractivity contribution in [1.29, 1.82) is 0 Å². The Morgan fingerprint density at radius 2 is 2.00 bits per heavy atom. The second-order valence-electron chi connectivity index (χ2n) is 3.50. The van der Waals surface area contributed by atoms with Gasteiger partial charge in [0.15, 0.2) is 16.7 Å². The van der Waals surface area contributed by atoms with Gasteiger partial charge in [0.1, 0.15) is 0 Å². The molecule has 1 fully saturated rings. The van der Waals surface area contributed by atoms with E-state index in [9.17, 15) is 8.78 Å². The van der Waals surface area contributed by atoms with Crippen LogP contribution >= 0.6 is 12.2 Å². The summed E-state index contributed by atoms with van der Waals surface area (Å²) in [6.45, 7) is 0. The number of rotatable bonds is 2. The van der Waals surface area contributed by atoms with Crippen LogP contribution in [0.3, 0.4) is 0 Å². The minimum Gasteiger partial charge on any atom is -0.360 e. The maximum Gasteiger partial charge on any atom is 0.170 e. The maximum atomic E-state index is 12.8. The number of hydrogen-bond donors (Lipinski definition) is 2. The summed E-state index contributed by atoms with van der Waals surface area (Å²) in [5, 5.41) is 6.28. The predicted molar refractivity (Wildman–Crippen MR) is 58.7 cm³/mol. The van der Waals surface area contributed by atoms with Crippen molar-refractivity contribution in [2.45, 2.75) is 18.9 Å². The molecule has 0 spiro atoms. The molecular formula is C10H10F2N2S. The highest BCUT2D eigenvalue weighted by atomic mass is 32.1. The first-order valence-corrected chi connectivity index (χ1v) is 5.08. The van der Waals surface area contributed by atoms with Crippen molar-refractivity contribution in [3.05, 3.63) is 29.8 Å². The van der Waals surface area contributed by atoms with E-state index in [4.69, 9.17) is 12.2 Å². The minimum absolute atomic E-state index is 0.440. The molecular weight excluding hydrogens is 218 g/mol. The average molecular weight is 228 g/mol. The van der Waals surface area contributed by atoms with E-state index in [1.165, 1.54) is 6.07 Å².